The van der Waals surface area contributed by atoms with Gasteiger partial charge in [0.15, 0.2) is 0 Å². The highest BCUT2D eigenvalue weighted by molar-refractivity contribution is 5.59. The third kappa shape index (κ3) is 2.26. The van der Waals surface area contributed by atoms with Gasteiger partial charge in [-0.2, -0.15) is 0 Å². The molecule has 0 saturated carbocycles. The number of rotatable bonds is 2. The lowest BCUT2D eigenvalue weighted by atomic mass is 10.1. The molecular weight excluding hydrogens is 238 g/mol. The quantitative estimate of drug-likeness (QED) is 0.895. The van der Waals surface area contributed by atoms with Crippen molar-refractivity contribution in [2.24, 2.45) is 0 Å². The molecule has 0 aliphatic carbocycles. The fourth-order valence-electron chi connectivity index (χ4n) is 2.48. The van der Waals surface area contributed by atoms with Crippen LogP contribution in [0, 0.1) is 5.41 Å². The number of hydrogen-bond donors (Lipinski definition) is 1. The number of hydrogen-bond acceptors (Lipinski definition) is 3. The first-order valence-corrected chi connectivity index (χ1v) is 6.58. The fraction of sp³-hybridized carbons (Fsp3) is 0.333. The smallest absolute Gasteiger partial charge is 0.128 e. The summed E-state index contributed by atoms with van der Waals surface area (Å²) in [5.74, 6) is 1.87. The number of ether oxygens (including phenoxy) is 1. The molecule has 1 aliphatic rings. The summed E-state index contributed by atoms with van der Waals surface area (Å²) in [6.07, 6.45) is 3.28. The summed E-state index contributed by atoms with van der Waals surface area (Å²) in [6.45, 7) is 0.921. The van der Waals surface area contributed by atoms with Gasteiger partial charge < -0.3 is 9.30 Å². The van der Waals surface area contributed by atoms with Crippen LogP contribution in [0.4, 0.5) is 0 Å². The second-order valence-electron chi connectivity index (χ2n) is 4.78. The number of aromatic nitrogens is 2. The topological polar surface area (TPSA) is 50.9 Å². The van der Waals surface area contributed by atoms with E-state index < -0.39 is 0 Å². The van der Waals surface area contributed by atoms with Crippen LogP contribution in [0.25, 0.3) is 11.3 Å². The number of methoxy groups -OCH3 is 1. The number of nitrogens with one attached hydrogen (secondary N) is 1. The maximum Gasteiger partial charge on any atom is 0.128 e. The van der Waals surface area contributed by atoms with Crippen LogP contribution < -0.4 is 10.2 Å². The van der Waals surface area contributed by atoms with E-state index >= 15 is 0 Å². The van der Waals surface area contributed by atoms with E-state index in [0.29, 0.717) is 5.49 Å². The summed E-state index contributed by atoms with van der Waals surface area (Å²) in [4.78, 5) is 4.70. The Kier molecular flexibility index (Phi) is 3.07. The maximum atomic E-state index is 8.12. The molecule has 0 fully saturated rings. The molecule has 2 aromatic rings. The Labute approximate surface area is 112 Å². The first kappa shape index (κ1) is 12.0. The monoisotopic (exact) mass is 255 g/mol. The summed E-state index contributed by atoms with van der Waals surface area (Å²) < 4.78 is 7.17. The molecule has 4 heteroatoms. The van der Waals surface area contributed by atoms with Crippen molar-refractivity contribution < 1.29 is 4.74 Å². The zero-order valence-corrected chi connectivity index (χ0v) is 11.0. The van der Waals surface area contributed by atoms with E-state index in [4.69, 9.17) is 15.1 Å². The molecule has 98 valence electrons. The molecule has 0 unspecified atom stereocenters. The number of aryl methyl sites for hydroxylation is 1. The van der Waals surface area contributed by atoms with Crippen molar-refractivity contribution in [3.63, 3.8) is 0 Å². The standard InChI is InChI=1S/C15H17N3O/c1-19-12-7-5-11(6-8-12)13-10-14(16)18-9-3-2-4-15(18)17-13/h5-8,10,16H,2-4,9H2,1H3. The molecule has 0 radical (unpaired) electrons. The van der Waals surface area contributed by atoms with Gasteiger partial charge in [0.1, 0.15) is 17.1 Å². The second-order valence-corrected chi connectivity index (χ2v) is 4.78. The lowest BCUT2D eigenvalue weighted by Gasteiger charge is -2.19. The SMILES string of the molecule is COc1ccc(-c2cc(=N)n3c(n2)CCCC3)cc1. The minimum atomic E-state index is 0.551. The van der Waals surface area contributed by atoms with E-state index in [1.54, 1.807) is 7.11 Å². The van der Waals surface area contributed by atoms with E-state index in [2.05, 4.69) is 0 Å². The molecule has 19 heavy (non-hydrogen) atoms. The van der Waals surface area contributed by atoms with E-state index in [0.717, 1.165) is 42.2 Å². The molecule has 0 saturated heterocycles. The van der Waals surface area contributed by atoms with Gasteiger partial charge in [-0.25, -0.2) is 4.98 Å². The summed E-state index contributed by atoms with van der Waals surface area (Å²) in [5.41, 5.74) is 2.46. The molecule has 3 rings (SSSR count). The first-order chi connectivity index (χ1) is 9.28. The van der Waals surface area contributed by atoms with Crippen LogP contribution in [-0.2, 0) is 13.0 Å². The molecule has 0 spiro atoms. The Bertz CT molecular complexity index is 643. The van der Waals surface area contributed by atoms with Gasteiger partial charge in [0.25, 0.3) is 0 Å². The van der Waals surface area contributed by atoms with Crippen LogP contribution in [0.1, 0.15) is 18.7 Å². The summed E-state index contributed by atoms with van der Waals surface area (Å²) in [5, 5.41) is 8.12. The lowest BCUT2D eigenvalue weighted by Crippen LogP contribution is -2.28. The molecule has 1 aromatic heterocycles. The van der Waals surface area contributed by atoms with Gasteiger partial charge in [-0.15, -0.1) is 0 Å². The molecule has 1 aliphatic heterocycles. The summed E-state index contributed by atoms with van der Waals surface area (Å²) in [6, 6.07) is 9.66. The fourth-order valence-corrected chi connectivity index (χ4v) is 2.48. The Morgan fingerprint density at radius 3 is 2.74 bits per heavy atom. The Morgan fingerprint density at radius 2 is 2.00 bits per heavy atom. The van der Waals surface area contributed by atoms with Gasteiger partial charge in [0.2, 0.25) is 0 Å². The summed E-state index contributed by atoms with van der Waals surface area (Å²) in [7, 11) is 1.66. The minimum Gasteiger partial charge on any atom is -0.497 e. The zero-order valence-electron chi connectivity index (χ0n) is 11.0. The van der Waals surface area contributed by atoms with Crippen molar-refractivity contribution in [3.8, 4) is 17.0 Å². The largest absolute Gasteiger partial charge is 0.497 e. The van der Waals surface area contributed by atoms with Gasteiger partial charge in [0, 0.05) is 24.6 Å². The van der Waals surface area contributed by atoms with E-state index in [1.165, 1.54) is 6.42 Å². The van der Waals surface area contributed by atoms with E-state index in [-0.39, 0.29) is 0 Å². The minimum absolute atomic E-state index is 0.551. The van der Waals surface area contributed by atoms with Crippen LogP contribution in [0.2, 0.25) is 0 Å². The van der Waals surface area contributed by atoms with Crippen molar-refractivity contribution in [1.29, 1.82) is 5.41 Å². The van der Waals surface area contributed by atoms with Gasteiger partial charge >= 0.3 is 0 Å². The van der Waals surface area contributed by atoms with Crippen molar-refractivity contribution in [1.82, 2.24) is 9.55 Å². The van der Waals surface area contributed by atoms with Crippen LogP contribution in [-0.4, -0.2) is 16.7 Å². The molecule has 0 bridgehead atoms. The highest BCUT2D eigenvalue weighted by Crippen LogP contribution is 2.21. The molecule has 2 heterocycles. The Balaban J connectivity index is 2.05. The highest BCUT2D eigenvalue weighted by Gasteiger charge is 2.12. The third-order valence-corrected chi connectivity index (χ3v) is 3.54. The molecule has 0 atom stereocenters. The van der Waals surface area contributed by atoms with Gasteiger partial charge in [0.05, 0.1) is 12.8 Å². The maximum absolute atomic E-state index is 8.12. The zero-order chi connectivity index (χ0) is 13.2. The first-order valence-electron chi connectivity index (χ1n) is 6.58. The van der Waals surface area contributed by atoms with Crippen LogP contribution in [0.3, 0.4) is 0 Å². The van der Waals surface area contributed by atoms with Gasteiger partial charge in [-0.1, -0.05) is 0 Å². The number of benzene rings is 1. The second kappa shape index (κ2) is 4.88. The van der Waals surface area contributed by atoms with Crippen LogP contribution in [0.15, 0.2) is 30.3 Å². The highest BCUT2D eigenvalue weighted by atomic mass is 16.5. The van der Waals surface area contributed by atoms with Crippen molar-refractivity contribution in [2.75, 3.05) is 7.11 Å². The number of fused-ring (bicyclic) bond motifs is 1. The summed E-state index contributed by atoms with van der Waals surface area (Å²) >= 11 is 0. The van der Waals surface area contributed by atoms with E-state index in [1.807, 2.05) is 34.9 Å². The lowest BCUT2D eigenvalue weighted by molar-refractivity contribution is 0.415. The normalized spacial score (nSPS) is 13.9. The Morgan fingerprint density at radius 1 is 1.21 bits per heavy atom. The molecular formula is C15H17N3O. The van der Waals surface area contributed by atoms with Crippen molar-refractivity contribution >= 4 is 0 Å². The average Bonchev–Trinajstić information content (AvgIpc) is 2.47. The predicted molar refractivity (Wildman–Crippen MR) is 73.0 cm³/mol. The van der Waals surface area contributed by atoms with Crippen molar-refractivity contribution in [3.05, 3.63) is 41.6 Å². The third-order valence-electron chi connectivity index (χ3n) is 3.54. The van der Waals surface area contributed by atoms with Gasteiger partial charge in [-0.05, 0) is 37.1 Å². The van der Waals surface area contributed by atoms with Crippen LogP contribution in [0.5, 0.6) is 5.75 Å². The molecule has 1 N–H and O–H groups in total. The van der Waals surface area contributed by atoms with Crippen molar-refractivity contribution in [2.45, 2.75) is 25.8 Å². The molecule has 4 nitrogen and oxygen atoms in total. The molecule has 0 amide bonds. The van der Waals surface area contributed by atoms with E-state index in [9.17, 15) is 0 Å². The predicted octanol–water partition coefficient (Wildman–Crippen LogP) is 2.37. The average molecular weight is 255 g/mol. The molecule has 1 aromatic carbocycles. The van der Waals surface area contributed by atoms with Crippen LogP contribution >= 0.6 is 0 Å². The number of nitrogens with zero attached hydrogens (tertiary/aromatic N) is 2. The Hall–Kier alpha value is -2.10. The van der Waals surface area contributed by atoms with Gasteiger partial charge in [-0.3, -0.25) is 5.41 Å².